The molecule has 0 aliphatic carbocycles. The molecule has 0 bridgehead atoms. The van der Waals surface area contributed by atoms with Gasteiger partial charge in [0, 0.05) is 30.2 Å². The zero-order valence-corrected chi connectivity index (χ0v) is 19.6. The molecule has 6 heteroatoms. The van der Waals surface area contributed by atoms with E-state index in [9.17, 15) is 9.90 Å². The molecule has 0 saturated carbocycles. The maximum Gasteiger partial charge on any atom is 0.407 e. The van der Waals surface area contributed by atoms with E-state index in [0.29, 0.717) is 18.7 Å². The monoisotopic (exact) mass is 478 g/mol. The number of aromatic nitrogens is 1. The van der Waals surface area contributed by atoms with Gasteiger partial charge in [-0.15, -0.1) is 0 Å². The van der Waals surface area contributed by atoms with Gasteiger partial charge < -0.3 is 24.5 Å². The van der Waals surface area contributed by atoms with Crippen LogP contribution in [0.3, 0.4) is 0 Å². The molecule has 4 aromatic carbocycles. The van der Waals surface area contributed by atoms with Crippen molar-refractivity contribution in [1.82, 2.24) is 9.88 Å². The minimum atomic E-state index is -0.961. The van der Waals surface area contributed by atoms with Crippen LogP contribution in [0.5, 0.6) is 23.0 Å². The van der Waals surface area contributed by atoms with Crippen molar-refractivity contribution < 1.29 is 19.4 Å². The highest BCUT2D eigenvalue weighted by molar-refractivity contribution is 5.84. The molecule has 1 aromatic heterocycles. The largest absolute Gasteiger partial charge is 0.465 e. The fourth-order valence-corrected chi connectivity index (χ4v) is 4.10. The molecule has 0 spiro atoms. The Balaban J connectivity index is 1.27. The minimum absolute atomic E-state index is 0.270. The number of carboxylic acid groups (broad SMARTS) is 1. The third-order valence-corrected chi connectivity index (χ3v) is 5.89. The molecular weight excluding hydrogens is 452 g/mol. The summed E-state index contributed by atoms with van der Waals surface area (Å²) in [5.74, 6) is 2.91. The SMILES string of the molecule is O=C(O)N(CCc1c[nH]c2ccc(Oc3ccccc3)cc12)Cc1cccc(Oc2ccccc2)c1. The van der Waals surface area contributed by atoms with E-state index in [-0.39, 0.29) is 6.54 Å². The summed E-state index contributed by atoms with van der Waals surface area (Å²) in [7, 11) is 0. The Labute approximate surface area is 209 Å². The summed E-state index contributed by atoms with van der Waals surface area (Å²) in [5, 5.41) is 10.9. The van der Waals surface area contributed by atoms with Crippen molar-refractivity contribution in [2.24, 2.45) is 0 Å². The molecule has 0 fully saturated rings. The molecule has 0 unspecified atom stereocenters. The number of para-hydroxylation sites is 2. The second kappa shape index (κ2) is 10.7. The number of amides is 1. The van der Waals surface area contributed by atoms with Crippen LogP contribution in [0.2, 0.25) is 0 Å². The first-order valence-corrected chi connectivity index (χ1v) is 11.8. The number of fused-ring (bicyclic) bond motifs is 1. The van der Waals surface area contributed by atoms with Crippen LogP contribution in [0.25, 0.3) is 10.9 Å². The number of hydrogen-bond acceptors (Lipinski definition) is 3. The third-order valence-electron chi connectivity index (χ3n) is 5.89. The van der Waals surface area contributed by atoms with E-state index in [4.69, 9.17) is 9.47 Å². The van der Waals surface area contributed by atoms with Gasteiger partial charge in [-0.1, -0.05) is 48.5 Å². The number of benzene rings is 4. The average Bonchev–Trinajstić information content (AvgIpc) is 3.30. The highest BCUT2D eigenvalue weighted by atomic mass is 16.5. The number of ether oxygens (including phenoxy) is 2. The second-order valence-electron chi connectivity index (χ2n) is 8.45. The van der Waals surface area contributed by atoms with Crippen molar-refractivity contribution in [2.75, 3.05) is 6.54 Å². The van der Waals surface area contributed by atoms with Gasteiger partial charge in [0.05, 0.1) is 0 Å². The first-order valence-electron chi connectivity index (χ1n) is 11.8. The highest BCUT2D eigenvalue weighted by Crippen LogP contribution is 2.28. The first kappa shape index (κ1) is 23.1. The maximum absolute atomic E-state index is 12.0. The zero-order chi connectivity index (χ0) is 24.7. The Morgan fingerprint density at radius 3 is 2.06 bits per heavy atom. The van der Waals surface area contributed by atoms with E-state index in [1.165, 1.54) is 4.90 Å². The quantitative estimate of drug-likeness (QED) is 0.230. The number of hydrogen-bond donors (Lipinski definition) is 2. The predicted molar refractivity (Wildman–Crippen MR) is 140 cm³/mol. The molecule has 5 aromatic rings. The standard InChI is InChI=1S/C30H26N2O4/c33-30(34)32(21-22-8-7-13-26(18-22)35-24-9-3-1-4-10-24)17-16-23-20-31-29-15-14-27(19-28(23)29)36-25-11-5-2-6-12-25/h1-15,18-20,31H,16-17,21H2,(H,33,34). The van der Waals surface area contributed by atoms with Crippen molar-refractivity contribution in [2.45, 2.75) is 13.0 Å². The Hall–Kier alpha value is -4.71. The van der Waals surface area contributed by atoms with Gasteiger partial charge in [-0.25, -0.2) is 4.79 Å². The van der Waals surface area contributed by atoms with E-state index in [1.807, 2.05) is 109 Å². The lowest BCUT2D eigenvalue weighted by Crippen LogP contribution is -2.30. The summed E-state index contributed by atoms with van der Waals surface area (Å²) in [4.78, 5) is 16.7. The van der Waals surface area contributed by atoms with Crippen molar-refractivity contribution in [3.05, 3.63) is 120 Å². The number of nitrogens with one attached hydrogen (secondary N) is 1. The Morgan fingerprint density at radius 2 is 1.39 bits per heavy atom. The molecule has 0 atom stereocenters. The van der Waals surface area contributed by atoms with Crippen LogP contribution in [0.1, 0.15) is 11.1 Å². The normalized spacial score (nSPS) is 10.8. The first-order chi connectivity index (χ1) is 17.6. The number of nitrogens with zero attached hydrogens (tertiary/aromatic N) is 1. The summed E-state index contributed by atoms with van der Waals surface area (Å²) in [6.07, 6.45) is 1.55. The van der Waals surface area contributed by atoms with Crippen LogP contribution < -0.4 is 9.47 Å². The van der Waals surface area contributed by atoms with Crippen LogP contribution >= 0.6 is 0 Å². The van der Waals surface area contributed by atoms with Crippen molar-refractivity contribution in [3.8, 4) is 23.0 Å². The fraction of sp³-hybridized carbons (Fsp3) is 0.100. The molecule has 1 heterocycles. The lowest BCUT2D eigenvalue weighted by atomic mass is 10.1. The molecule has 6 nitrogen and oxygen atoms in total. The van der Waals surface area contributed by atoms with Gasteiger partial charge >= 0.3 is 6.09 Å². The predicted octanol–water partition coefficient (Wildman–Crippen LogP) is 7.48. The third kappa shape index (κ3) is 5.67. The Morgan fingerprint density at radius 1 is 0.750 bits per heavy atom. The molecule has 0 saturated heterocycles. The zero-order valence-electron chi connectivity index (χ0n) is 19.6. The van der Waals surface area contributed by atoms with Crippen LogP contribution in [-0.4, -0.2) is 27.6 Å². The summed E-state index contributed by atoms with van der Waals surface area (Å²) in [6, 6.07) is 32.6. The number of carbonyl (C=O) groups is 1. The molecule has 0 radical (unpaired) electrons. The number of aromatic amines is 1. The average molecular weight is 479 g/mol. The maximum atomic E-state index is 12.0. The van der Waals surface area contributed by atoms with Crippen molar-refractivity contribution in [3.63, 3.8) is 0 Å². The van der Waals surface area contributed by atoms with Crippen LogP contribution in [0, 0.1) is 0 Å². The molecule has 0 aliphatic heterocycles. The van der Waals surface area contributed by atoms with E-state index in [1.54, 1.807) is 0 Å². The second-order valence-corrected chi connectivity index (χ2v) is 8.45. The molecule has 36 heavy (non-hydrogen) atoms. The van der Waals surface area contributed by atoms with Crippen molar-refractivity contribution >= 4 is 17.0 Å². The molecule has 2 N–H and O–H groups in total. The molecule has 5 rings (SSSR count). The summed E-state index contributed by atoms with van der Waals surface area (Å²) < 4.78 is 11.9. The lowest BCUT2D eigenvalue weighted by Gasteiger charge is -2.19. The van der Waals surface area contributed by atoms with Gasteiger partial charge in [-0.05, 0) is 72.1 Å². The molecule has 0 aliphatic rings. The smallest absolute Gasteiger partial charge is 0.407 e. The number of rotatable bonds is 9. The van der Waals surface area contributed by atoms with E-state index in [0.717, 1.165) is 39.3 Å². The molecular formula is C30H26N2O4. The van der Waals surface area contributed by atoms with E-state index < -0.39 is 6.09 Å². The topological polar surface area (TPSA) is 74.8 Å². The van der Waals surface area contributed by atoms with Gasteiger partial charge in [0.15, 0.2) is 0 Å². The Bertz CT molecular complexity index is 1450. The molecule has 180 valence electrons. The lowest BCUT2D eigenvalue weighted by molar-refractivity contribution is 0.143. The minimum Gasteiger partial charge on any atom is -0.465 e. The van der Waals surface area contributed by atoms with Crippen LogP contribution in [-0.2, 0) is 13.0 Å². The van der Waals surface area contributed by atoms with E-state index >= 15 is 0 Å². The summed E-state index contributed by atoms with van der Waals surface area (Å²) in [6.45, 7) is 0.627. The Kier molecular flexibility index (Phi) is 6.85. The fourth-order valence-electron chi connectivity index (χ4n) is 4.10. The number of H-pyrrole nitrogens is 1. The highest BCUT2D eigenvalue weighted by Gasteiger charge is 2.15. The van der Waals surface area contributed by atoms with Crippen molar-refractivity contribution in [1.29, 1.82) is 0 Å². The van der Waals surface area contributed by atoms with Gasteiger partial charge in [-0.2, -0.15) is 0 Å². The van der Waals surface area contributed by atoms with Crippen LogP contribution in [0.15, 0.2) is 109 Å². The van der Waals surface area contributed by atoms with Gasteiger partial charge in [-0.3, -0.25) is 0 Å². The van der Waals surface area contributed by atoms with Gasteiger partial charge in [0.25, 0.3) is 0 Å². The van der Waals surface area contributed by atoms with Gasteiger partial charge in [0.1, 0.15) is 23.0 Å². The van der Waals surface area contributed by atoms with Crippen LogP contribution in [0.4, 0.5) is 4.79 Å². The van der Waals surface area contributed by atoms with Gasteiger partial charge in [0.2, 0.25) is 0 Å². The summed E-state index contributed by atoms with van der Waals surface area (Å²) in [5.41, 5.74) is 2.89. The van der Waals surface area contributed by atoms with E-state index in [2.05, 4.69) is 4.98 Å². The summed E-state index contributed by atoms with van der Waals surface area (Å²) >= 11 is 0. The molecule has 1 amide bonds.